The molecule has 0 bridgehead atoms. The summed E-state index contributed by atoms with van der Waals surface area (Å²) in [6.45, 7) is 8.32. The summed E-state index contributed by atoms with van der Waals surface area (Å²) >= 11 is 1.90. The van der Waals surface area contributed by atoms with Crippen LogP contribution in [-0.4, -0.2) is 18.0 Å². The third kappa shape index (κ3) is 2.12. The van der Waals surface area contributed by atoms with Crippen LogP contribution in [0, 0.1) is 12.8 Å². The van der Waals surface area contributed by atoms with E-state index in [0.717, 1.165) is 5.92 Å². The van der Waals surface area contributed by atoms with Crippen molar-refractivity contribution in [3.8, 4) is 0 Å². The quantitative estimate of drug-likeness (QED) is 0.701. The molecule has 0 radical (unpaired) electrons. The SMILES string of the molecule is Cc1ccsc1CN1CCC(C)C1. The molecule has 72 valence electrons. The van der Waals surface area contributed by atoms with Crippen molar-refractivity contribution in [2.45, 2.75) is 26.8 Å². The van der Waals surface area contributed by atoms with Crippen LogP contribution in [0.1, 0.15) is 23.8 Å². The Morgan fingerprint density at radius 3 is 3.00 bits per heavy atom. The average Bonchev–Trinajstić information content (AvgIpc) is 2.64. The molecular formula is C11H17NS. The van der Waals surface area contributed by atoms with E-state index in [1.165, 1.54) is 31.6 Å². The van der Waals surface area contributed by atoms with Crippen LogP contribution in [0.3, 0.4) is 0 Å². The lowest BCUT2D eigenvalue weighted by Gasteiger charge is -2.14. The normalized spacial score (nSPS) is 24.0. The molecule has 0 aromatic carbocycles. The van der Waals surface area contributed by atoms with Gasteiger partial charge in [-0.25, -0.2) is 0 Å². The zero-order valence-electron chi connectivity index (χ0n) is 8.42. The summed E-state index contributed by atoms with van der Waals surface area (Å²) in [4.78, 5) is 4.12. The minimum atomic E-state index is 0.903. The molecule has 0 N–H and O–H groups in total. The molecule has 1 atom stereocenters. The van der Waals surface area contributed by atoms with Crippen LogP contribution in [0.5, 0.6) is 0 Å². The van der Waals surface area contributed by atoms with E-state index in [0.29, 0.717) is 0 Å². The Hall–Kier alpha value is -0.340. The Labute approximate surface area is 84.4 Å². The van der Waals surface area contributed by atoms with Crippen molar-refractivity contribution >= 4 is 11.3 Å². The molecular weight excluding hydrogens is 178 g/mol. The van der Waals surface area contributed by atoms with Crippen LogP contribution >= 0.6 is 11.3 Å². The van der Waals surface area contributed by atoms with Gasteiger partial charge in [0, 0.05) is 18.0 Å². The highest BCUT2D eigenvalue weighted by Crippen LogP contribution is 2.22. The Morgan fingerprint density at radius 2 is 2.46 bits per heavy atom. The van der Waals surface area contributed by atoms with Crippen molar-refractivity contribution in [2.24, 2.45) is 5.92 Å². The summed E-state index contributed by atoms with van der Waals surface area (Å²) < 4.78 is 0. The second kappa shape index (κ2) is 3.81. The monoisotopic (exact) mass is 195 g/mol. The molecule has 0 spiro atoms. The van der Waals surface area contributed by atoms with Gasteiger partial charge in [-0.2, -0.15) is 0 Å². The van der Waals surface area contributed by atoms with Crippen molar-refractivity contribution in [1.29, 1.82) is 0 Å². The zero-order chi connectivity index (χ0) is 9.26. The Morgan fingerprint density at radius 1 is 1.62 bits per heavy atom. The fraction of sp³-hybridized carbons (Fsp3) is 0.636. The third-order valence-corrected chi connectivity index (χ3v) is 3.85. The smallest absolute Gasteiger partial charge is 0.0330 e. The average molecular weight is 195 g/mol. The van der Waals surface area contributed by atoms with E-state index in [-0.39, 0.29) is 0 Å². The van der Waals surface area contributed by atoms with Crippen LogP contribution in [-0.2, 0) is 6.54 Å². The third-order valence-electron chi connectivity index (χ3n) is 2.84. The molecule has 0 saturated carbocycles. The second-order valence-electron chi connectivity index (χ2n) is 4.16. The van der Waals surface area contributed by atoms with Gasteiger partial charge in [0.05, 0.1) is 0 Å². The van der Waals surface area contributed by atoms with Crippen LogP contribution in [0.25, 0.3) is 0 Å². The molecule has 1 nitrogen and oxygen atoms in total. The number of hydrogen-bond acceptors (Lipinski definition) is 2. The van der Waals surface area contributed by atoms with Crippen molar-refractivity contribution in [3.63, 3.8) is 0 Å². The summed E-state index contributed by atoms with van der Waals surface area (Å²) in [7, 11) is 0. The minimum absolute atomic E-state index is 0.903. The number of likely N-dealkylation sites (tertiary alicyclic amines) is 1. The van der Waals surface area contributed by atoms with Gasteiger partial charge in [-0.1, -0.05) is 6.92 Å². The fourth-order valence-corrected chi connectivity index (χ4v) is 2.89. The summed E-state index contributed by atoms with van der Waals surface area (Å²) in [5, 5.41) is 2.20. The highest BCUT2D eigenvalue weighted by Gasteiger charge is 2.19. The summed E-state index contributed by atoms with van der Waals surface area (Å²) in [6, 6.07) is 2.22. The minimum Gasteiger partial charge on any atom is -0.298 e. The molecule has 1 aliphatic rings. The van der Waals surface area contributed by atoms with Gasteiger partial charge < -0.3 is 0 Å². The Kier molecular flexibility index (Phi) is 2.70. The molecule has 0 amide bonds. The standard InChI is InChI=1S/C11H17NS/c1-9-3-5-12(7-9)8-11-10(2)4-6-13-11/h4,6,9H,3,5,7-8H2,1-2H3. The van der Waals surface area contributed by atoms with Crippen LogP contribution in [0.15, 0.2) is 11.4 Å². The maximum absolute atomic E-state index is 2.57. The molecule has 1 aromatic heterocycles. The first kappa shape index (κ1) is 9.22. The largest absolute Gasteiger partial charge is 0.298 e. The van der Waals surface area contributed by atoms with E-state index in [1.54, 1.807) is 4.88 Å². The molecule has 2 rings (SSSR count). The maximum Gasteiger partial charge on any atom is 0.0330 e. The molecule has 2 heteroatoms. The van der Waals surface area contributed by atoms with E-state index in [4.69, 9.17) is 0 Å². The lowest BCUT2D eigenvalue weighted by molar-refractivity contribution is 0.322. The summed E-state index contributed by atoms with van der Waals surface area (Å²) in [5.41, 5.74) is 1.46. The highest BCUT2D eigenvalue weighted by molar-refractivity contribution is 7.10. The van der Waals surface area contributed by atoms with E-state index >= 15 is 0 Å². The van der Waals surface area contributed by atoms with Crippen LogP contribution in [0.4, 0.5) is 0 Å². The van der Waals surface area contributed by atoms with Gasteiger partial charge in [-0.3, -0.25) is 4.90 Å². The van der Waals surface area contributed by atoms with Gasteiger partial charge in [0.25, 0.3) is 0 Å². The molecule has 1 fully saturated rings. The van der Waals surface area contributed by atoms with Crippen LogP contribution in [0.2, 0.25) is 0 Å². The predicted molar refractivity (Wildman–Crippen MR) is 58.1 cm³/mol. The topological polar surface area (TPSA) is 3.24 Å². The van der Waals surface area contributed by atoms with E-state index in [9.17, 15) is 0 Å². The first-order valence-electron chi connectivity index (χ1n) is 5.01. The molecule has 1 saturated heterocycles. The van der Waals surface area contributed by atoms with Gasteiger partial charge >= 0.3 is 0 Å². The van der Waals surface area contributed by atoms with Crippen LogP contribution < -0.4 is 0 Å². The van der Waals surface area contributed by atoms with E-state index in [1.807, 2.05) is 11.3 Å². The lowest BCUT2D eigenvalue weighted by atomic mass is 10.2. The Balaban J connectivity index is 1.95. The first-order chi connectivity index (χ1) is 6.25. The highest BCUT2D eigenvalue weighted by atomic mass is 32.1. The van der Waals surface area contributed by atoms with Crippen molar-refractivity contribution in [3.05, 3.63) is 21.9 Å². The number of rotatable bonds is 2. The maximum atomic E-state index is 2.57. The van der Waals surface area contributed by atoms with Gasteiger partial charge in [0.1, 0.15) is 0 Å². The van der Waals surface area contributed by atoms with Gasteiger partial charge in [0.2, 0.25) is 0 Å². The second-order valence-corrected chi connectivity index (χ2v) is 5.16. The zero-order valence-corrected chi connectivity index (χ0v) is 9.23. The van der Waals surface area contributed by atoms with E-state index in [2.05, 4.69) is 30.2 Å². The van der Waals surface area contributed by atoms with Crippen molar-refractivity contribution in [1.82, 2.24) is 4.90 Å². The summed E-state index contributed by atoms with van der Waals surface area (Å²) in [6.07, 6.45) is 1.38. The van der Waals surface area contributed by atoms with Gasteiger partial charge in [0.15, 0.2) is 0 Å². The number of thiophene rings is 1. The van der Waals surface area contributed by atoms with Gasteiger partial charge in [-0.05, 0) is 42.8 Å². The van der Waals surface area contributed by atoms with Crippen molar-refractivity contribution < 1.29 is 0 Å². The van der Waals surface area contributed by atoms with E-state index < -0.39 is 0 Å². The summed E-state index contributed by atoms with van der Waals surface area (Å²) in [5.74, 6) is 0.903. The van der Waals surface area contributed by atoms with Crippen molar-refractivity contribution in [2.75, 3.05) is 13.1 Å². The molecule has 13 heavy (non-hydrogen) atoms. The molecule has 0 aliphatic carbocycles. The number of hydrogen-bond donors (Lipinski definition) is 0. The lowest BCUT2D eigenvalue weighted by Crippen LogP contribution is -2.19. The molecule has 1 unspecified atom stereocenters. The molecule has 1 aliphatic heterocycles. The number of nitrogens with zero attached hydrogens (tertiary/aromatic N) is 1. The molecule has 1 aromatic rings. The fourth-order valence-electron chi connectivity index (χ4n) is 1.94. The first-order valence-corrected chi connectivity index (χ1v) is 5.89. The molecule has 2 heterocycles. The predicted octanol–water partition coefficient (Wildman–Crippen LogP) is 2.90. The van der Waals surface area contributed by atoms with Gasteiger partial charge in [-0.15, -0.1) is 11.3 Å². The Bertz CT molecular complexity index is 279. The number of aryl methyl sites for hydroxylation is 1.